The van der Waals surface area contributed by atoms with E-state index in [1.54, 1.807) is 0 Å². The van der Waals surface area contributed by atoms with Crippen molar-refractivity contribution in [3.8, 4) is 0 Å². The molecule has 0 unspecified atom stereocenters. The molecule has 1 aliphatic rings. The number of hydrogen-bond acceptors (Lipinski definition) is 2. The van der Waals surface area contributed by atoms with E-state index in [0.29, 0.717) is 0 Å². The van der Waals surface area contributed by atoms with E-state index < -0.39 is 0 Å². The maximum atomic E-state index is 3.41. The fourth-order valence-electron chi connectivity index (χ4n) is 1.40. The molecule has 1 rings (SSSR count). The number of hydrogen-bond donors (Lipinski definition) is 1. The molecule has 0 aliphatic carbocycles. The van der Waals surface area contributed by atoms with Crippen molar-refractivity contribution in [1.29, 1.82) is 0 Å². The predicted molar refractivity (Wildman–Crippen MR) is 54.5 cm³/mol. The number of likely N-dealkylation sites (tertiary alicyclic amines) is 1. The first kappa shape index (κ1) is 10.1. The molecule has 1 heterocycles. The Kier molecular flexibility index (Phi) is 4.70. The number of nitrogens with one attached hydrogen (secondary N) is 1. The first-order valence-corrected chi connectivity index (χ1v) is 5.73. The quantitative estimate of drug-likeness (QED) is 0.556. The molecule has 2 nitrogen and oxygen atoms in total. The Morgan fingerprint density at radius 1 is 1.42 bits per heavy atom. The van der Waals surface area contributed by atoms with Gasteiger partial charge < -0.3 is 0 Å². The van der Waals surface area contributed by atoms with Crippen LogP contribution < -0.4 is 5.32 Å². The van der Waals surface area contributed by atoms with Gasteiger partial charge in [-0.2, -0.15) is 0 Å². The van der Waals surface area contributed by atoms with Crippen LogP contribution in [0.3, 0.4) is 0 Å². The van der Waals surface area contributed by atoms with Crippen molar-refractivity contribution < 1.29 is 0 Å². The Balaban J connectivity index is 2.10. The van der Waals surface area contributed by atoms with Crippen molar-refractivity contribution in [2.24, 2.45) is 0 Å². The molecule has 0 atom stereocenters. The van der Waals surface area contributed by atoms with Gasteiger partial charge in [-0.05, 0) is 0 Å². The van der Waals surface area contributed by atoms with Crippen LogP contribution in [-0.2, 0) is 0 Å². The van der Waals surface area contributed by atoms with Gasteiger partial charge in [-0.15, -0.1) is 0 Å². The molecule has 0 radical (unpaired) electrons. The van der Waals surface area contributed by atoms with Crippen LogP contribution in [0.2, 0.25) is 0 Å². The van der Waals surface area contributed by atoms with Crippen LogP contribution in [0.25, 0.3) is 0 Å². The van der Waals surface area contributed by atoms with Crippen LogP contribution in [0, 0.1) is 0 Å². The van der Waals surface area contributed by atoms with E-state index in [9.17, 15) is 0 Å². The second-order valence-electron chi connectivity index (χ2n) is 3.28. The van der Waals surface area contributed by atoms with E-state index in [1.165, 1.54) is 43.4 Å². The third kappa shape index (κ3) is 3.16. The summed E-state index contributed by atoms with van der Waals surface area (Å²) in [5.41, 5.74) is 0. The van der Waals surface area contributed by atoms with E-state index in [2.05, 4.69) is 32.7 Å². The van der Waals surface area contributed by atoms with Gasteiger partial charge in [0.2, 0.25) is 0 Å². The molecule has 1 aliphatic heterocycles. The monoisotopic (exact) mass is 234 g/mol. The zero-order chi connectivity index (χ0) is 8.81. The van der Waals surface area contributed by atoms with Crippen molar-refractivity contribution >= 4 is 20.2 Å². The van der Waals surface area contributed by atoms with Crippen LogP contribution in [0.5, 0.6) is 0 Å². The number of nitrogens with zero attached hydrogens (tertiary/aromatic N) is 1. The molecule has 0 amide bonds. The molecule has 1 saturated heterocycles. The first-order chi connectivity index (χ1) is 5.84. The van der Waals surface area contributed by atoms with Gasteiger partial charge in [-0.3, -0.25) is 0 Å². The average molecular weight is 233 g/mol. The topological polar surface area (TPSA) is 15.3 Å². The van der Waals surface area contributed by atoms with Gasteiger partial charge in [0.1, 0.15) is 0 Å². The summed E-state index contributed by atoms with van der Waals surface area (Å²) in [6.07, 6.45) is 5.22. The Labute approximate surface area is 83.1 Å². The third-order valence-electron chi connectivity index (χ3n) is 2.20. The van der Waals surface area contributed by atoms with Gasteiger partial charge in [0, 0.05) is 0 Å². The van der Waals surface area contributed by atoms with Crippen LogP contribution in [0.15, 0.2) is 0 Å². The minimum absolute atomic E-state index is 1.11. The van der Waals surface area contributed by atoms with Crippen molar-refractivity contribution in [2.45, 2.75) is 32.6 Å². The van der Waals surface area contributed by atoms with Crippen LogP contribution in [-0.4, -0.2) is 44.8 Å². The first-order valence-electron chi connectivity index (χ1n) is 4.87. The second-order valence-corrected chi connectivity index (χ2v) is 4.09. The molecule has 0 spiro atoms. The maximum absolute atomic E-state index is 3.41. The van der Waals surface area contributed by atoms with Gasteiger partial charge in [0.05, 0.1) is 0 Å². The standard InChI is InChI=1S/C9H18N2Se/c1-2-3-6-10-9(12)11-7-4-5-8-11/h2-8H2,1H3,(H,10,12). The molecule has 3 heteroatoms. The van der Waals surface area contributed by atoms with E-state index in [4.69, 9.17) is 0 Å². The SMILES string of the molecule is CCCCNC(=[Se])N1CCCC1. The number of rotatable bonds is 5. The van der Waals surface area contributed by atoms with E-state index in [0.717, 1.165) is 6.54 Å². The molecular formula is C9H18N2Se. The molecule has 0 aromatic heterocycles. The summed E-state index contributed by atoms with van der Waals surface area (Å²) in [4.78, 5) is 2.40. The zero-order valence-electron chi connectivity index (χ0n) is 7.81. The van der Waals surface area contributed by atoms with Crippen LogP contribution >= 0.6 is 0 Å². The summed E-state index contributed by atoms with van der Waals surface area (Å²) in [6, 6.07) is 0. The predicted octanol–water partition coefficient (Wildman–Crippen LogP) is 0.728. The Bertz CT molecular complexity index is 141. The third-order valence-corrected chi connectivity index (χ3v) is 3.04. The molecular weight excluding hydrogens is 215 g/mol. The fourth-order valence-corrected chi connectivity index (χ4v) is 2.00. The van der Waals surface area contributed by atoms with Crippen molar-refractivity contribution in [2.75, 3.05) is 19.6 Å². The van der Waals surface area contributed by atoms with Gasteiger partial charge in [-0.1, -0.05) is 0 Å². The molecule has 1 fully saturated rings. The summed E-state index contributed by atoms with van der Waals surface area (Å²) >= 11 is 3.11. The Morgan fingerprint density at radius 2 is 2.08 bits per heavy atom. The molecule has 0 bridgehead atoms. The molecule has 70 valence electrons. The van der Waals surface area contributed by atoms with Gasteiger partial charge >= 0.3 is 82.7 Å². The molecule has 12 heavy (non-hydrogen) atoms. The van der Waals surface area contributed by atoms with E-state index >= 15 is 0 Å². The Morgan fingerprint density at radius 3 is 2.67 bits per heavy atom. The summed E-state index contributed by atoms with van der Waals surface area (Å²) in [5, 5.41) is 3.41. The molecule has 0 saturated carbocycles. The van der Waals surface area contributed by atoms with Crippen molar-refractivity contribution in [3.63, 3.8) is 0 Å². The van der Waals surface area contributed by atoms with E-state index in [1.807, 2.05) is 0 Å². The minimum atomic E-state index is 1.11. The van der Waals surface area contributed by atoms with Gasteiger partial charge in [0.15, 0.2) is 0 Å². The second kappa shape index (κ2) is 5.60. The molecule has 0 aromatic rings. The van der Waals surface area contributed by atoms with Gasteiger partial charge in [0.25, 0.3) is 0 Å². The van der Waals surface area contributed by atoms with Crippen molar-refractivity contribution in [1.82, 2.24) is 10.2 Å². The van der Waals surface area contributed by atoms with Crippen LogP contribution in [0.4, 0.5) is 0 Å². The molecule has 0 aromatic carbocycles. The van der Waals surface area contributed by atoms with E-state index in [-0.39, 0.29) is 0 Å². The average Bonchev–Trinajstić information content (AvgIpc) is 2.56. The van der Waals surface area contributed by atoms with Crippen LogP contribution in [0.1, 0.15) is 32.6 Å². The summed E-state index contributed by atoms with van der Waals surface area (Å²) in [5.74, 6) is 0. The summed E-state index contributed by atoms with van der Waals surface area (Å²) in [7, 11) is 0. The van der Waals surface area contributed by atoms with Crippen molar-refractivity contribution in [3.05, 3.63) is 0 Å². The normalized spacial score (nSPS) is 16.6. The summed E-state index contributed by atoms with van der Waals surface area (Å²) in [6.45, 7) is 5.77. The fraction of sp³-hybridized carbons (Fsp3) is 0.889. The summed E-state index contributed by atoms with van der Waals surface area (Å²) < 4.78 is 1.25. The molecule has 1 N–H and O–H groups in total. The van der Waals surface area contributed by atoms with Gasteiger partial charge in [-0.25, -0.2) is 0 Å². The zero-order valence-corrected chi connectivity index (χ0v) is 9.52. The Hall–Kier alpha value is -0.0105. The number of unbranched alkanes of at least 4 members (excludes halogenated alkanes) is 1.